The third-order valence-corrected chi connectivity index (χ3v) is 7.29. The van der Waals surface area contributed by atoms with E-state index in [4.69, 9.17) is 16.3 Å². The van der Waals surface area contributed by atoms with E-state index in [9.17, 15) is 9.59 Å². The van der Waals surface area contributed by atoms with Crippen LogP contribution in [-0.2, 0) is 14.3 Å². The summed E-state index contributed by atoms with van der Waals surface area (Å²) in [6, 6.07) is 7.22. The number of thioether (sulfide) groups is 2. The van der Waals surface area contributed by atoms with Crippen LogP contribution in [0.5, 0.6) is 0 Å². The van der Waals surface area contributed by atoms with Crippen molar-refractivity contribution in [3.63, 3.8) is 0 Å². The second-order valence-electron chi connectivity index (χ2n) is 5.47. The summed E-state index contributed by atoms with van der Waals surface area (Å²) >= 11 is 8.74. The molecule has 0 saturated carbocycles. The maximum absolute atomic E-state index is 12.1. The van der Waals surface area contributed by atoms with Gasteiger partial charge in [0.2, 0.25) is 4.33 Å². The van der Waals surface area contributed by atoms with Gasteiger partial charge in [0.25, 0.3) is 0 Å². The molecule has 25 heavy (non-hydrogen) atoms. The Hall–Kier alpha value is -1.64. The highest BCUT2D eigenvalue weighted by atomic mass is 35.5. The van der Waals surface area contributed by atoms with Crippen molar-refractivity contribution in [1.82, 2.24) is 4.90 Å². The Bertz CT molecular complexity index is 827. The van der Waals surface area contributed by atoms with Gasteiger partial charge in [-0.15, -0.1) is 0 Å². The lowest BCUT2D eigenvalue weighted by molar-refractivity contribution is -0.135. The van der Waals surface area contributed by atoms with Crippen LogP contribution < -0.4 is 5.01 Å². The number of allylic oxidation sites excluding steroid dienone is 1. The lowest BCUT2D eigenvalue weighted by Crippen LogP contribution is -2.47. The number of benzene rings is 1. The van der Waals surface area contributed by atoms with Crippen LogP contribution in [0.1, 0.15) is 13.8 Å². The van der Waals surface area contributed by atoms with Crippen molar-refractivity contribution in [2.24, 2.45) is 5.10 Å². The van der Waals surface area contributed by atoms with Gasteiger partial charge in [0.1, 0.15) is 4.91 Å². The summed E-state index contributed by atoms with van der Waals surface area (Å²) in [5, 5.41) is 7.16. The lowest BCUT2D eigenvalue weighted by Gasteiger charge is -2.39. The van der Waals surface area contributed by atoms with E-state index < -0.39 is 10.3 Å². The van der Waals surface area contributed by atoms with Gasteiger partial charge < -0.3 is 9.64 Å². The molecule has 6 nitrogen and oxygen atoms in total. The Kier molecular flexibility index (Phi) is 4.78. The monoisotopic (exact) mass is 397 g/mol. The van der Waals surface area contributed by atoms with Crippen LogP contribution >= 0.6 is 35.1 Å². The molecule has 2 heterocycles. The molecular formula is C16H16ClN3O3S2. The average molecular weight is 398 g/mol. The Balaban J connectivity index is 2.08. The van der Waals surface area contributed by atoms with E-state index >= 15 is 0 Å². The molecule has 2 aliphatic heterocycles. The maximum atomic E-state index is 12.1. The Labute approximate surface area is 159 Å². The van der Waals surface area contributed by atoms with Gasteiger partial charge in [-0.3, -0.25) is 4.79 Å². The fourth-order valence-corrected chi connectivity index (χ4v) is 5.60. The Morgan fingerprint density at radius 2 is 2.04 bits per heavy atom. The number of nitrogens with zero attached hydrogens (tertiary/aromatic N) is 3. The van der Waals surface area contributed by atoms with Crippen molar-refractivity contribution in [3.05, 3.63) is 39.9 Å². The van der Waals surface area contributed by atoms with Crippen molar-refractivity contribution in [3.8, 4) is 0 Å². The molecule has 1 unspecified atom stereocenters. The van der Waals surface area contributed by atoms with E-state index in [1.807, 2.05) is 31.0 Å². The zero-order valence-corrected chi connectivity index (χ0v) is 16.5. The van der Waals surface area contributed by atoms with Crippen molar-refractivity contribution < 1.29 is 14.3 Å². The number of ether oxygens (including phenoxy) is 1. The van der Waals surface area contributed by atoms with Gasteiger partial charge in [-0.25, -0.2) is 9.80 Å². The van der Waals surface area contributed by atoms with Crippen LogP contribution in [0.15, 0.2) is 40.0 Å². The third kappa shape index (κ3) is 2.92. The first-order valence-electron chi connectivity index (χ1n) is 7.36. The minimum atomic E-state index is -0.820. The zero-order valence-electron chi connectivity index (χ0n) is 14.1. The summed E-state index contributed by atoms with van der Waals surface area (Å²) < 4.78 is 4.07. The molecule has 0 fully saturated rings. The zero-order chi connectivity index (χ0) is 18.4. The Morgan fingerprint density at radius 1 is 1.32 bits per heavy atom. The molecule has 1 atom stereocenters. The minimum absolute atomic E-state index is 0.132. The van der Waals surface area contributed by atoms with Crippen molar-refractivity contribution in [1.29, 1.82) is 0 Å². The second-order valence-corrected chi connectivity index (χ2v) is 8.51. The minimum Gasteiger partial charge on any atom is -0.465 e. The topological polar surface area (TPSA) is 62.2 Å². The molecule has 1 aromatic rings. The van der Waals surface area contributed by atoms with Gasteiger partial charge in [0, 0.05) is 24.7 Å². The number of methoxy groups -OCH3 is 1. The van der Waals surface area contributed by atoms with E-state index in [0.717, 1.165) is 11.4 Å². The van der Waals surface area contributed by atoms with E-state index in [0.29, 0.717) is 15.0 Å². The van der Waals surface area contributed by atoms with Crippen LogP contribution in [0.25, 0.3) is 0 Å². The van der Waals surface area contributed by atoms with Crippen molar-refractivity contribution >= 4 is 57.6 Å². The molecule has 132 valence electrons. The molecule has 0 bridgehead atoms. The second kappa shape index (κ2) is 6.59. The van der Waals surface area contributed by atoms with Crippen LogP contribution in [0.2, 0.25) is 5.02 Å². The summed E-state index contributed by atoms with van der Waals surface area (Å²) in [5.74, 6) is -0.541. The van der Waals surface area contributed by atoms with Gasteiger partial charge in [-0.2, -0.15) is 5.10 Å². The summed E-state index contributed by atoms with van der Waals surface area (Å²) in [5.41, 5.74) is 1.49. The molecule has 0 amide bonds. The molecule has 1 spiro atoms. The van der Waals surface area contributed by atoms with Crippen LogP contribution in [0.3, 0.4) is 0 Å². The number of carbonyl (C=O) groups is 2. The van der Waals surface area contributed by atoms with E-state index in [1.165, 1.54) is 37.6 Å². The predicted octanol–water partition coefficient (Wildman–Crippen LogP) is 3.49. The highest BCUT2D eigenvalue weighted by molar-refractivity contribution is 8.28. The highest BCUT2D eigenvalue weighted by Crippen LogP contribution is 2.58. The van der Waals surface area contributed by atoms with E-state index in [1.54, 1.807) is 17.1 Å². The Morgan fingerprint density at radius 3 is 2.64 bits per heavy atom. The third-order valence-electron chi connectivity index (χ3n) is 3.90. The molecular weight excluding hydrogens is 382 g/mol. The van der Waals surface area contributed by atoms with Crippen molar-refractivity contribution in [2.45, 2.75) is 18.2 Å². The summed E-state index contributed by atoms with van der Waals surface area (Å²) in [6.45, 7) is 3.32. The molecule has 0 N–H and O–H groups in total. The summed E-state index contributed by atoms with van der Waals surface area (Å²) in [7, 11) is 3.21. The molecule has 9 heteroatoms. The van der Waals surface area contributed by atoms with Gasteiger partial charge in [0.15, 0.2) is 10.8 Å². The maximum Gasteiger partial charge on any atom is 0.346 e. The molecule has 0 aliphatic carbocycles. The first-order chi connectivity index (χ1) is 11.8. The van der Waals surface area contributed by atoms with Crippen LogP contribution in [0, 0.1) is 0 Å². The lowest BCUT2D eigenvalue weighted by atomic mass is 10.3. The number of esters is 1. The number of hydrogen-bond donors (Lipinski definition) is 0. The quantitative estimate of drug-likeness (QED) is 0.723. The fraction of sp³-hybridized carbons (Fsp3) is 0.312. The standard InChI is InChI=1S/C16H16ClN3O3S2/c1-9-13(15(22)23-4)24-16(19(9)3)20(18-14(25-16)10(2)21)12-7-5-6-11(17)8-12/h5-8H,1-4H3. The molecule has 0 radical (unpaired) electrons. The number of rotatable bonds is 3. The van der Waals surface area contributed by atoms with Gasteiger partial charge in [-0.1, -0.05) is 29.4 Å². The number of Topliss-reactive ketones (excluding diaryl/α,β-unsaturated/α-hetero) is 1. The van der Waals surface area contributed by atoms with Gasteiger partial charge in [-0.05, 0) is 36.9 Å². The first-order valence-corrected chi connectivity index (χ1v) is 9.37. The molecule has 1 aromatic carbocycles. The number of anilines is 1. The normalized spacial score (nSPS) is 22.7. The summed E-state index contributed by atoms with van der Waals surface area (Å²) in [4.78, 5) is 26.5. The van der Waals surface area contributed by atoms with Crippen LogP contribution in [-0.4, -0.2) is 40.2 Å². The highest BCUT2D eigenvalue weighted by Gasteiger charge is 2.56. The fourth-order valence-electron chi connectivity index (χ4n) is 2.51. The number of carbonyl (C=O) groups excluding carboxylic acids is 2. The van der Waals surface area contributed by atoms with Gasteiger partial charge >= 0.3 is 5.97 Å². The van der Waals surface area contributed by atoms with Crippen LogP contribution in [0.4, 0.5) is 5.69 Å². The smallest absolute Gasteiger partial charge is 0.346 e. The van der Waals surface area contributed by atoms with Gasteiger partial charge in [0.05, 0.1) is 12.8 Å². The number of halogens is 1. The van der Waals surface area contributed by atoms with E-state index in [-0.39, 0.29) is 5.78 Å². The first kappa shape index (κ1) is 18.2. The summed E-state index contributed by atoms with van der Waals surface area (Å²) in [6.07, 6.45) is 0. The molecule has 2 aliphatic rings. The average Bonchev–Trinajstić information content (AvgIpc) is 3.09. The number of hydrogen-bond acceptors (Lipinski definition) is 8. The molecule has 0 saturated heterocycles. The molecule has 0 aromatic heterocycles. The number of ketones is 1. The molecule has 3 rings (SSSR count). The predicted molar refractivity (Wildman–Crippen MR) is 102 cm³/mol. The SMILES string of the molecule is COC(=O)C1=C(C)N(C)C2(SC(C(C)=O)=NN2c2cccc(Cl)c2)S1. The van der Waals surface area contributed by atoms with E-state index in [2.05, 4.69) is 5.10 Å². The largest absolute Gasteiger partial charge is 0.465 e. The van der Waals surface area contributed by atoms with Crippen molar-refractivity contribution in [2.75, 3.05) is 19.2 Å². The number of hydrazone groups is 1.